The first-order chi connectivity index (χ1) is 9.16. The fourth-order valence-corrected chi connectivity index (χ4v) is 3.52. The van der Waals surface area contributed by atoms with Crippen molar-refractivity contribution in [3.63, 3.8) is 0 Å². The summed E-state index contributed by atoms with van der Waals surface area (Å²) in [5.41, 5.74) is 6.88. The van der Waals surface area contributed by atoms with Gasteiger partial charge in [0.15, 0.2) is 0 Å². The maximum Gasteiger partial charge on any atom is 0.244 e. The minimum Gasteiger partial charge on any atom is -0.327 e. The van der Waals surface area contributed by atoms with E-state index in [1.807, 2.05) is 20.8 Å². The van der Waals surface area contributed by atoms with Crippen molar-refractivity contribution in [1.82, 2.24) is 4.31 Å². The third-order valence-corrected chi connectivity index (χ3v) is 5.75. The van der Waals surface area contributed by atoms with Crippen LogP contribution >= 0.6 is 24.0 Å². The molecule has 0 heterocycles. The molecule has 1 unspecified atom stereocenters. The van der Waals surface area contributed by atoms with E-state index in [2.05, 4.69) is 0 Å². The molecule has 0 aliphatic carbocycles. The molecule has 21 heavy (non-hydrogen) atoms. The summed E-state index contributed by atoms with van der Waals surface area (Å²) in [4.78, 5) is 0.144. The van der Waals surface area contributed by atoms with Crippen LogP contribution in [0.3, 0.4) is 0 Å². The van der Waals surface area contributed by atoms with Crippen LogP contribution in [0.1, 0.15) is 25.8 Å². The zero-order chi connectivity index (χ0) is 15.5. The van der Waals surface area contributed by atoms with Gasteiger partial charge in [0, 0.05) is 19.6 Å². The van der Waals surface area contributed by atoms with E-state index in [0.717, 1.165) is 5.56 Å². The Kier molecular flexibility index (Phi) is 8.21. The molecular weight excluding hydrogens is 331 g/mol. The monoisotopic (exact) mass is 354 g/mol. The lowest BCUT2D eigenvalue weighted by atomic mass is 10.0. The molecule has 0 spiro atoms. The summed E-state index contributed by atoms with van der Waals surface area (Å²) in [7, 11) is -2.01. The van der Waals surface area contributed by atoms with Crippen molar-refractivity contribution in [1.29, 1.82) is 0 Å². The van der Waals surface area contributed by atoms with Crippen molar-refractivity contribution in [3.05, 3.63) is 28.8 Å². The van der Waals surface area contributed by atoms with E-state index < -0.39 is 10.0 Å². The van der Waals surface area contributed by atoms with E-state index in [-0.39, 0.29) is 28.4 Å². The third-order valence-electron chi connectivity index (χ3n) is 3.41. The van der Waals surface area contributed by atoms with Gasteiger partial charge in [-0.2, -0.15) is 0 Å². The maximum atomic E-state index is 12.4. The number of nitrogens with zero attached hydrogens (tertiary/aromatic N) is 1. The predicted molar refractivity (Wildman–Crippen MR) is 90.7 cm³/mol. The summed E-state index contributed by atoms with van der Waals surface area (Å²) < 4.78 is 26.2. The largest absolute Gasteiger partial charge is 0.327 e. The minimum atomic E-state index is -3.56. The molecule has 2 N–H and O–H groups in total. The molecule has 1 atom stereocenters. The standard InChI is InChI=1S/C14H23ClN2O2S.ClH/c1-10(2)13(16)7-8-17(4)20(18,19)14-6-5-11(3)9-12(14)15;/h5-6,9-10,13H,7-8,16H2,1-4H3;1H. The van der Waals surface area contributed by atoms with Crippen molar-refractivity contribution < 1.29 is 8.42 Å². The Morgan fingerprint density at radius 3 is 2.38 bits per heavy atom. The summed E-state index contributed by atoms with van der Waals surface area (Å²) in [5, 5.41) is 0.255. The molecule has 0 aliphatic rings. The van der Waals surface area contributed by atoms with Crippen LogP contribution in [0.15, 0.2) is 23.1 Å². The molecule has 0 radical (unpaired) electrons. The molecule has 0 bridgehead atoms. The average molecular weight is 355 g/mol. The normalized spacial score (nSPS) is 13.3. The fourth-order valence-electron chi connectivity index (χ4n) is 1.77. The fraction of sp³-hybridized carbons (Fsp3) is 0.571. The Bertz CT molecular complexity index is 562. The van der Waals surface area contributed by atoms with Crippen molar-refractivity contribution >= 4 is 34.0 Å². The molecule has 1 aromatic rings. The van der Waals surface area contributed by atoms with E-state index >= 15 is 0 Å². The molecule has 0 aliphatic heterocycles. The van der Waals surface area contributed by atoms with Gasteiger partial charge in [0.2, 0.25) is 10.0 Å². The van der Waals surface area contributed by atoms with Crippen molar-refractivity contribution in [2.45, 2.75) is 38.1 Å². The number of hydrogen-bond acceptors (Lipinski definition) is 3. The second-order valence-corrected chi connectivity index (χ2v) is 7.88. The Labute approximate surface area is 139 Å². The van der Waals surface area contributed by atoms with Gasteiger partial charge in [0.25, 0.3) is 0 Å². The highest BCUT2D eigenvalue weighted by Gasteiger charge is 2.24. The number of benzene rings is 1. The number of rotatable bonds is 6. The van der Waals surface area contributed by atoms with Crippen LogP contribution in [0.4, 0.5) is 0 Å². The van der Waals surface area contributed by atoms with Crippen LogP contribution < -0.4 is 5.73 Å². The molecule has 0 fully saturated rings. The van der Waals surface area contributed by atoms with E-state index in [1.54, 1.807) is 25.2 Å². The molecule has 0 aromatic heterocycles. The van der Waals surface area contributed by atoms with Crippen LogP contribution in [0, 0.1) is 12.8 Å². The summed E-state index contributed by atoms with van der Waals surface area (Å²) in [6.07, 6.45) is 0.622. The summed E-state index contributed by atoms with van der Waals surface area (Å²) in [6, 6.07) is 4.93. The quantitative estimate of drug-likeness (QED) is 0.853. The number of nitrogens with two attached hydrogens (primary N) is 1. The SMILES string of the molecule is Cc1ccc(S(=O)(=O)N(C)CCC(N)C(C)C)c(Cl)c1.Cl. The second-order valence-electron chi connectivity index (χ2n) is 5.46. The predicted octanol–water partition coefficient (Wildman–Crippen LogP) is 3.06. The molecule has 0 amide bonds. The van der Waals surface area contributed by atoms with Crippen LogP contribution in [-0.2, 0) is 10.0 Å². The Morgan fingerprint density at radius 2 is 1.90 bits per heavy atom. The molecule has 1 aromatic carbocycles. The zero-order valence-corrected chi connectivity index (χ0v) is 15.2. The first-order valence-corrected chi connectivity index (χ1v) is 8.46. The van der Waals surface area contributed by atoms with Gasteiger partial charge in [-0.25, -0.2) is 12.7 Å². The van der Waals surface area contributed by atoms with Crippen molar-refractivity contribution in [2.75, 3.05) is 13.6 Å². The van der Waals surface area contributed by atoms with Crippen LogP contribution in [0.25, 0.3) is 0 Å². The lowest BCUT2D eigenvalue weighted by Crippen LogP contribution is -2.34. The van der Waals surface area contributed by atoms with Crippen LogP contribution in [0.5, 0.6) is 0 Å². The van der Waals surface area contributed by atoms with Gasteiger partial charge in [0.1, 0.15) is 4.90 Å². The van der Waals surface area contributed by atoms with E-state index in [1.165, 1.54) is 4.31 Å². The first kappa shape index (κ1) is 20.7. The molecule has 122 valence electrons. The zero-order valence-electron chi connectivity index (χ0n) is 12.8. The van der Waals surface area contributed by atoms with Gasteiger partial charge < -0.3 is 5.73 Å². The van der Waals surface area contributed by atoms with Crippen LogP contribution in [0.2, 0.25) is 5.02 Å². The highest BCUT2D eigenvalue weighted by Crippen LogP contribution is 2.25. The van der Waals surface area contributed by atoms with Crippen LogP contribution in [-0.4, -0.2) is 32.4 Å². The van der Waals surface area contributed by atoms with Gasteiger partial charge in [-0.05, 0) is 37.0 Å². The lowest BCUT2D eigenvalue weighted by Gasteiger charge is -2.21. The highest BCUT2D eigenvalue weighted by molar-refractivity contribution is 7.89. The second kappa shape index (κ2) is 8.34. The molecule has 0 saturated carbocycles. The Morgan fingerprint density at radius 1 is 1.33 bits per heavy atom. The van der Waals surface area contributed by atoms with E-state index in [9.17, 15) is 8.42 Å². The molecule has 4 nitrogen and oxygen atoms in total. The molecule has 1 rings (SSSR count). The topological polar surface area (TPSA) is 63.4 Å². The number of halogens is 2. The van der Waals surface area contributed by atoms with Gasteiger partial charge in [-0.1, -0.05) is 31.5 Å². The Hall–Kier alpha value is -0.330. The third kappa shape index (κ3) is 5.42. The maximum absolute atomic E-state index is 12.4. The minimum absolute atomic E-state index is 0. The van der Waals surface area contributed by atoms with Gasteiger partial charge in [0.05, 0.1) is 5.02 Å². The van der Waals surface area contributed by atoms with Crippen molar-refractivity contribution in [3.8, 4) is 0 Å². The number of aryl methyl sites for hydroxylation is 1. The summed E-state index contributed by atoms with van der Waals surface area (Å²) >= 11 is 6.04. The first-order valence-electron chi connectivity index (χ1n) is 6.64. The van der Waals surface area contributed by atoms with Gasteiger partial charge in [-0.3, -0.25) is 0 Å². The molecular formula is C14H24Cl2N2O2S. The smallest absolute Gasteiger partial charge is 0.244 e. The van der Waals surface area contributed by atoms with E-state index in [0.29, 0.717) is 18.9 Å². The number of sulfonamides is 1. The van der Waals surface area contributed by atoms with Gasteiger partial charge in [-0.15, -0.1) is 12.4 Å². The number of hydrogen-bond donors (Lipinski definition) is 1. The summed E-state index contributed by atoms with van der Waals surface area (Å²) in [5.74, 6) is 0.328. The Balaban J connectivity index is 0.00000400. The highest BCUT2D eigenvalue weighted by atomic mass is 35.5. The lowest BCUT2D eigenvalue weighted by molar-refractivity contribution is 0.397. The van der Waals surface area contributed by atoms with Gasteiger partial charge >= 0.3 is 0 Å². The molecule has 0 saturated heterocycles. The van der Waals surface area contributed by atoms with Crippen molar-refractivity contribution in [2.24, 2.45) is 11.7 Å². The molecule has 7 heteroatoms. The average Bonchev–Trinajstić information content (AvgIpc) is 2.34. The van der Waals surface area contributed by atoms with E-state index in [4.69, 9.17) is 17.3 Å². The summed E-state index contributed by atoms with van der Waals surface area (Å²) in [6.45, 7) is 6.30.